The highest BCUT2D eigenvalue weighted by atomic mass is 79.9. The van der Waals surface area contributed by atoms with E-state index in [1.807, 2.05) is 73.7 Å². The fourth-order valence-electron chi connectivity index (χ4n) is 5.99. The van der Waals surface area contributed by atoms with Gasteiger partial charge in [0.15, 0.2) is 0 Å². The van der Waals surface area contributed by atoms with Crippen LogP contribution in [0.1, 0.15) is 49.3 Å². The number of benzene rings is 4. The number of rotatable bonds is 13. The van der Waals surface area contributed by atoms with Crippen molar-refractivity contribution in [1.82, 2.24) is 10.2 Å². The Labute approximate surface area is 280 Å². The summed E-state index contributed by atoms with van der Waals surface area (Å²) in [5.41, 5.74) is 2.98. The number of amides is 2. The molecule has 0 aromatic heterocycles. The number of para-hydroxylation sites is 1. The molecule has 5 rings (SSSR count). The van der Waals surface area contributed by atoms with Crippen molar-refractivity contribution in [3.05, 3.63) is 130 Å². The third-order valence-electron chi connectivity index (χ3n) is 8.49. The van der Waals surface area contributed by atoms with Gasteiger partial charge in [0, 0.05) is 23.5 Å². The first-order chi connectivity index (χ1) is 22.3. The predicted octanol–water partition coefficient (Wildman–Crippen LogP) is 6.91. The number of nitrogens with zero attached hydrogens (tertiary/aromatic N) is 2. The second-order valence-electron chi connectivity index (χ2n) is 11.7. The van der Waals surface area contributed by atoms with Crippen LogP contribution in [-0.4, -0.2) is 43.8 Å². The Balaban J connectivity index is 1.58. The van der Waals surface area contributed by atoms with Crippen LogP contribution in [0.2, 0.25) is 0 Å². The molecule has 1 N–H and O–H groups in total. The fraction of sp³-hybridized carbons (Fsp3) is 0.297. The summed E-state index contributed by atoms with van der Waals surface area (Å²) in [7, 11) is -4.14. The van der Waals surface area contributed by atoms with Crippen LogP contribution in [0.4, 0.5) is 5.69 Å². The molecule has 0 aliphatic heterocycles. The van der Waals surface area contributed by atoms with Crippen LogP contribution >= 0.6 is 15.9 Å². The van der Waals surface area contributed by atoms with E-state index in [0.29, 0.717) is 18.5 Å². The molecule has 9 heteroatoms. The zero-order valence-corrected chi connectivity index (χ0v) is 28.4. The van der Waals surface area contributed by atoms with E-state index in [2.05, 4.69) is 21.2 Å². The minimum Gasteiger partial charge on any atom is -0.352 e. The highest BCUT2D eigenvalue weighted by Gasteiger charge is 2.36. The van der Waals surface area contributed by atoms with Crippen molar-refractivity contribution in [2.75, 3.05) is 10.8 Å². The Bertz CT molecular complexity index is 1710. The zero-order chi connectivity index (χ0) is 32.5. The summed E-state index contributed by atoms with van der Waals surface area (Å²) in [5, 5.41) is 3.22. The van der Waals surface area contributed by atoms with Gasteiger partial charge in [0.05, 0.1) is 10.6 Å². The molecule has 0 heterocycles. The van der Waals surface area contributed by atoms with Gasteiger partial charge < -0.3 is 10.2 Å². The molecular weight excluding hydrogens is 662 g/mol. The number of halogens is 1. The second kappa shape index (κ2) is 15.6. The second-order valence-corrected chi connectivity index (χ2v) is 14.4. The number of nitrogens with one attached hydrogen (secondary N) is 1. The van der Waals surface area contributed by atoms with E-state index in [1.165, 1.54) is 16.4 Å². The maximum absolute atomic E-state index is 14.7. The van der Waals surface area contributed by atoms with Gasteiger partial charge >= 0.3 is 0 Å². The molecule has 240 valence electrons. The first kappa shape index (κ1) is 33.4. The lowest BCUT2D eigenvalue weighted by atomic mass is 10.0. The Kier molecular flexibility index (Phi) is 11.3. The van der Waals surface area contributed by atoms with E-state index in [1.54, 1.807) is 35.2 Å². The molecule has 1 fully saturated rings. The Morgan fingerprint density at radius 2 is 1.43 bits per heavy atom. The molecule has 46 heavy (non-hydrogen) atoms. The quantitative estimate of drug-likeness (QED) is 0.164. The maximum atomic E-state index is 14.7. The van der Waals surface area contributed by atoms with Gasteiger partial charge in [0.1, 0.15) is 12.6 Å². The minimum absolute atomic E-state index is 0.0572. The molecule has 4 aromatic carbocycles. The van der Waals surface area contributed by atoms with Crippen molar-refractivity contribution in [3.63, 3.8) is 0 Å². The summed E-state index contributed by atoms with van der Waals surface area (Å²) < 4.78 is 30.6. The summed E-state index contributed by atoms with van der Waals surface area (Å²) in [6.07, 6.45) is 4.79. The highest BCUT2D eigenvalue weighted by molar-refractivity contribution is 9.10. The van der Waals surface area contributed by atoms with Crippen molar-refractivity contribution in [2.45, 2.75) is 69.0 Å². The van der Waals surface area contributed by atoms with Crippen molar-refractivity contribution in [1.29, 1.82) is 0 Å². The van der Waals surface area contributed by atoms with Crippen LogP contribution in [0.5, 0.6) is 0 Å². The molecule has 0 unspecified atom stereocenters. The van der Waals surface area contributed by atoms with Crippen LogP contribution in [0.25, 0.3) is 0 Å². The lowest BCUT2D eigenvalue weighted by Gasteiger charge is -2.34. The molecule has 7 nitrogen and oxygen atoms in total. The Morgan fingerprint density at radius 3 is 2.09 bits per heavy atom. The molecule has 1 atom stereocenters. The summed E-state index contributed by atoms with van der Waals surface area (Å²) in [5.74, 6) is -0.691. The lowest BCUT2D eigenvalue weighted by molar-refractivity contribution is -0.140. The maximum Gasteiger partial charge on any atom is 0.264 e. The fourth-order valence-corrected chi connectivity index (χ4v) is 7.73. The highest BCUT2D eigenvalue weighted by Crippen LogP contribution is 2.29. The number of hydrogen-bond acceptors (Lipinski definition) is 4. The van der Waals surface area contributed by atoms with E-state index in [4.69, 9.17) is 0 Å². The minimum atomic E-state index is -4.14. The van der Waals surface area contributed by atoms with Crippen LogP contribution < -0.4 is 9.62 Å². The van der Waals surface area contributed by atoms with Gasteiger partial charge in [0.2, 0.25) is 11.8 Å². The predicted molar refractivity (Wildman–Crippen MR) is 186 cm³/mol. The van der Waals surface area contributed by atoms with Gasteiger partial charge in [-0.05, 0) is 66.3 Å². The van der Waals surface area contributed by atoms with Crippen LogP contribution in [0.3, 0.4) is 0 Å². The molecule has 1 aliphatic rings. The number of hydrogen-bond donors (Lipinski definition) is 1. The molecule has 4 aromatic rings. The molecule has 0 saturated heterocycles. The zero-order valence-electron chi connectivity index (χ0n) is 26.0. The number of anilines is 1. The van der Waals surface area contributed by atoms with Gasteiger partial charge in [-0.25, -0.2) is 8.42 Å². The number of carbonyl (C=O) groups is 2. The molecule has 0 bridgehead atoms. The summed E-state index contributed by atoms with van der Waals surface area (Å²) in [6.45, 7) is 1.63. The van der Waals surface area contributed by atoms with Gasteiger partial charge in [-0.1, -0.05) is 115 Å². The van der Waals surface area contributed by atoms with Crippen molar-refractivity contribution >= 4 is 43.5 Å². The number of carbonyl (C=O) groups excluding carboxylic acids is 2. The molecule has 1 saturated carbocycles. The SMILES string of the molecule is CCc1ccccc1N(CC(=O)N(Cc1ccc(Br)cc1)[C@H](Cc1ccccc1)C(=O)NC1CCCC1)S(=O)(=O)c1ccccc1. The standard InChI is InChI=1S/C37H40BrN3O4S/c1-2-30-15-9-12-20-34(30)41(46(44,45)33-18-7-4-8-19-33)27-36(42)40(26-29-21-23-31(38)24-22-29)35(25-28-13-5-3-6-14-28)37(43)39-32-16-10-11-17-32/h3-9,12-15,18-24,32,35H,2,10-11,16-17,25-27H2,1H3,(H,39,43)/t35-/m1/s1. The van der Waals surface area contributed by atoms with Crippen LogP contribution in [0.15, 0.2) is 119 Å². The molecule has 0 radical (unpaired) electrons. The van der Waals surface area contributed by atoms with Gasteiger partial charge in [-0.15, -0.1) is 0 Å². The first-order valence-corrected chi connectivity index (χ1v) is 18.0. The topological polar surface area (TPSA) is 86.8 Å². The smallest absolute Gasteiger partial charge is 0.264 e. The van der Waals surface area contributed by atoms with Gasteiger partial charge in [-0.3, -0.25) is 13.9 Å². The Morgan fingerprint density at radius 1 is 0.826 bits per heavy atom. The van der Waals surface area contributed by atoms with Crippen molar-refractivity contribution in [2.24, 2.45) is 0 Å². The van der Waals surface area contributed by atoms with Crippen molar-refractivity contribution < 1.29 is 18.0 Å². The van der Waals surface area contributed by atoms with E-state index in [-0.39, 0.29) is 23.4 Å². The van der Waals surface area contributed by atoms with Crippen molar-refractivity contribution in [3.8, 4) is 0 Å². The molecule has 2 amide bonds. The first-order valence-electron chi connectivity index (χ1n) is 15.8. The van der Waals surface area contributed by atoms with Gasteiger partial charge in [0.25, 0.3) is 10.0 Å². The number of sulfonamides is 1. The Hall–Kier alpha value is -3.95. The van der Waals surface area contributed by atoms with E-state index >= 15 is 0 Å². The summed E-state index contributed by atoms with van der Waals surface area (Å²) in [6, 6.07) is 31.9. The van der Waals surface area contributed by atoms with Crippen LogP contribution in [-0.2, 0) is 39.0 Å². The third kappa shape index (κ3) is 8.25. The summed E-state index contributed by atoms with van der Waals surface area (Å²) in [4.78, 5) is 30.5. The largest absolute Gasteiger partial charge is 0.352 e. The molecule has 1 aliphatic carbocycles. The van der Waals surface area contributed by atoms with E-state index < -0.39 is 28.5 Å². The lowest BCUT2D eigenvalue weighted by Crippen LogP contribution is -2.54. The molecule has 0 spiro atoms. The monoisotopic (exact) mass is 701 g/mol. The average molecular weight is 703 g/mol. The molecular formula is C37H40BrN3O4S. The van der Waals surface area contributed by atoms with E-state index in [0.717, 1.165) is 46.8 Å². The van der Waals surface area contributed by atoms with Crippen LogP contribution in [0, 0.1) is 0 Å². The average Bonchev–Trinajstić information content (AvgIpc) is 3.59. The summed E-state index contributed by atoms with van der Waals surface area (Å²) >= 11 is 3.48. The number of aryl methyl sites for hydroxylation is 1. The third-order valence-corrected chi connectivity index (χ3v) is 10.8. The normalized spacial score (nSPS) is 14.0. The van der Waals surface area contributed by atoms with Gasteiger partial charge in [-0.2, -0.15) is 0 Å². The van der Waals surface area contributed by atoms with E-state index in [9.17, 15) is 18.0 Å².